The molecule has 1 N–H and O–H groups in total. The monoisotopic (exact) mass is 357 g/mol. The summed E-state index contributed by atoms with van der Waals surface area (Å²) in [5.74, 6) is -0.980. The Bertz CT molecular complexity index is 936. The SMILES string of the molecule is COc1ccc([C@H](C)NC(=O)c2ccc(-c3ccccc3F)o2)cc1F. The van der Waals surface area contributed by atoms with Crippen molar-refractivity contribution < 1.29 is 22.7 Å². The Morgan fingerprint density at radius 2 is 1.85 bits per heavy atom. The molecule has 1 atom stereocenters. The third-order valence-electron chi connectivity index (χ3n) is 3.99. The third-order valence-corrected chi connectivity index (χ3v) is 3.99. The van der Waals surface area contributed by atoms with E-state index in [2.05, 4.69) is 5.32 Å². The lowest BCUT2D eigenvalue weighted by Gasteiger charge is -2.14. The lowest BCUT2D eigenvalue weighted by Crippen LogP contribution is -2.26. The van der Waals surface area contributed by atoms with Gasteiger partial charge in [-0.2, -0.15) is 0 Å². The van der Waals surface area contributed by atoms with Crippen molar-refractivity contribution >= 4 is 5.91 Å². The lowest BCUT2D eigenvalue weighted by atomic mass is 10.1. The molecule has 4 nitrogen and oxygen atoms in total. The number of furan rings is 1. The smallest absolute Gasteiger partial charge is 0.287 e. The molecule has 0 aliphatic heterocycles. The number of hydrogen-bond acceptors (Lipinski definition) is 3. The Balaban J connectivity index is 1.74. The zero-order chi connectivity index (χ0) is 18.7. The van der Waals surface area contributed by atoms with E-state index in [9.17, 15) is 13.6 Å². The first-order chi connectivity index (χ1) is 12.5. The van der Waals surface area contributed by atoms with Gasteiger partial charge in [0.05, 0.1) is 18.7 Å². The summed E-state index contributed by atoms with van der Waals surface area (Å²) in [5.41, 5.74) is 0.856. The van der Waals surface area contributed by atoms with E-state index in [0.717, 1.165) is 0 Å². The standard InChI is InChI=1S/C20H17F2NO3/c1-12(13-7-8-18(25-2)16(22)11-13)23-20(24)19-10-9-17(26-19)14-5-3-4-6-15(14)21/h3-12H,1-2H3,(H,23,24)/t12-/m0/s1. The van der Waals surface area contributed by atoms with Crippen LogP contribution in [-0.4, -0.2) is 13.0 Å². The molecule has 0 aliphatic carbocycles. The Morgan fingerprint density at radius 3 is 2.54 bits per heavy atom. The molecule has 0 radical (unpaired) electrons. The van der Waals surface area contributed by atoms with Crippen molar-refractivity contribution in [1.29, 1.82) is 0 Å². The highest BCUT2D eigenvalue weighted by Gasteiger charge is 2.17. The fourth-order valence-corrected chi connectivity index (χ4v) is 2.57. The average molecular weight is 357 g/mol. The second-order valence-corrected chi connectivity index (χ2v) is 5.73. The van der Waals surface area contributed by atoms with Crippen LogP contribution in [0.3, 0.4) is 0 Å². The van der Waals surface area contributed by atoms with Crippen LogP contribution < -0.4 is 10.1 Å². The maximum atomic E-state index is 13.8. The van der Waals surface area contributed by atoms with Gasteiger partial charge in [0.1, 0.15) is 11.6 Å². The van der Waals surface area contributed by atoms with Crippen LogP contribution in [0.5, 0.6) is 5.75 Å². The van der Waals surface area contributed by atoms with Crippen molar-refractivity contribution in [2.45, 2.75) is 13.0 Å². The molecule has 6 heteroatoms. The topological polar surface area (TPSA) is 51.5 Å². The number of carbonyl (C=O) groups excluding carboxylic acids is 1. The molecule has 1 heterocycles. The predicted octanol–water partition coefficient (Wildman–Crippen LogP) is 4.72. The molecular formula is C20H17F2NO3. The molecule has 26 heavy (non-hydrogen) atoms. The minimum atomic E-state index is -0.508. The van der Waals surface area contributed by atoms with Gasteiger partial charge in [-0.25, -0.2) is 8.78 Å². The van der Waals surface area contributed by atoms with Crippen molar-refractivity contribution in [3.63, 3.8) is 0 Å². The van der Waals surface area contributed by atoms with E-state index in [0.29, 0.717) is 5.56 Å². The number of methoxy groups -OCH3 is 1. The van der Waals surface area contributed by atoms with Crippen LogP contribution in [0.15, 0.2) is 59.0 Å². The number of rotatable bonds is 5. The van der Waals surface area contributed by atoms with Crippen molar-refractivity contribution in [3.05, 3.63) is 77.6 Å². The van der Waals surface area contributed by atoms with E-state index < -0.39 is 23.6 Å². The fraction of sp³-hybridized carbons (Fsp3) is 0.150. The molecule has 3 rings (SSSR count). The van der Waals surface area contributed by atoms with Crippen LogP contribution in [0, 0.1) is 11.6 Å². The molecule has 0 spiro atoms. The first kappa shape index (κ1) is 17.7. The number of ether oxygens (including phenoxy) is 1. The van der Waals surface area contributed by atoms with Crippen molar-refractivity contribution in [2.24, 2.45) is 0 Å². The van der Waals surface area contributed by atoms with E-state index in [1.807, 2.05) is 0 Å². The second-order valence-electron chi connectivity index (χ2n) is 5.73. The molecule has 0 aliphatic rings. The van der Waals surface area contributed by atoms with Crippen molar-refractivity contribution in [1.82, 2.24) is 5.32 Å². The highest BCUT2D eigenvalue weighted by atomic mass is 19.1. The van der Waals surface area contributed by atoms with Crippen molar-refractivity contribution in [3.8, 4) is 17.1 Å². The fourth-order valence-electron chi connectivity index (χ4n) is 2.57. The van der Waals surface area contributed by atoms with Gasteiger partial charge in [-0.1, -0.05) is 18.2 Å². The van der Waals surface area contributed by atoms with Gasteiger partial charge in [0, 0.05) is 0 Å². The number of carbonyl (C=O) groups is 1. The molecular weight excluding hydrogens is 340 g/mol. The first-order valence-electron chi connectivity index (χ1n) is 7.98. The number of benzene rings is 2. The zero-order valence-electron chi connectivity index (χ0n) is 14.3. The molecule has 1 amide bonds. The highest BCUT2D eigenvalue weighted by molar-refractivity contribution is 5.92. The van der Waals surface area contributed by atoms with Gasteiger partial charge >= 0.3 is 0 Å². The van der Waals surface area contributed by atoms with E-state index >= 15 is 0 Å². The van der Waals surface area contributed by atoms with Crippen LogP contribution in [0.2, 0.25) is 0 Å². The van der Waals surface area contributed by atoms with Crippen LogP contribution in [-0.2, 0) is 0 Å². The van der Waals surface area contributed by atoms with Gasteiger partial charge in [0.15, 0.2) is 17.3 Å². The molecule has 0 saturated carbocycles. The number of hydrogen-bond donors (Lipinski definition) is 1. The number of nitrogens with one attached hydrogen (secondary N) is 1. The summed E-state index contributed by atoms with van der Waals surface area (Å²) < 4.78 is 38.0. The summed E-state index contributed by atoms with van der Waals surface area (Å²) in [6, 6.07) is 13.2. The van der Waals surface area contributed by atoms with Gasteiger partial charge in [0.2, 0.25) is 0 Å². The zero-order valence-corrected chi connectivity index (χ0v) is 14.3. The molecule has 2 aromatic carbocycles. The van der Waals surface area contributed by atoms with Gasteiger partial charge in [-0.15, -0.1) is 0 Å². The Labute approximate surface area is 149 Å². The van der Waals surface area contributed by atoms with Crippen LogP contribution in [0.25, 0.3) is 11.3 Å². The van der Waals surface area contributed by atoms with E-state index in [1.165, 1.54) is 37.4 Å². The highest BCUT2D eigenvalue weighted by Crippen LogP contribution is 2.26. The summed E-state index contributed by atoms with van der Waals surface area (Å²) in [6.45, 7) is 1.72. The van der Waals surface area contributed by atoms with Crippen LogP contribution >= 0.6 is 0 Å². The summed E-state index contributed by atoms with van der Waals surface area (Å²) >= 11 is 0. The largest absolute Gasteiger partial charge is 0.494 e. The van der Waals surface area contributed by atoms with Crippen molar-refractivity contribution in [2.75, 3.05) is 7.11 Å². The van der Waals surface area contributed by atoms with Gasteiger partial charge in [0.25, 0.3) is 5.91 Å². The predicted molar refractivity (Wildman–Crippen MR) is 92.9 cm³/mol. The summed E-state index contributed by atoms with van der Waals surface area (Å²) in [7, 11) is 1.38. The molecule has 0 saturated heterocycles. The van der Waals surface area contributed by atoms with E-state index in [4.69, 9.17) is 9.15 Å². The summed E-state index contributed by atoms with van der Waals surface area (Å²) in [5, 5.41) is 2.72. The quantitative estimate of drug-likeness (QED) is 0.719. The van der Waals surface area contributed by atoms with E-state index in [-0.39, 0.29) is 22.8 Å². The lowest BCUT2D eigenvalue weighted by molar-refractivity contribution is 0.0912. The minimum absolute atomic E-state index is 0.0455. The first-order valence-corrected chi connectivity index (χ1v) is 7.98. The Morgan fingerprint density at radius 1 is 1.08 bits per heavy atom. The van der Waals surface area contributed by atoms with E-state index in [1.54, 1.807) is 31.2 Å². The average Bonchev–Trinajstić information content (AvgIpc) is 3.12. The van der Waals surface area contributed by atoms with Gasteiger partial charge in [-0.05, 0) is 48.9 Å². The maximum Gasteiger partial charge on any atom is 0.287 e. The molecule has 134 valence electrons. The normalized spacial score (nSPS) is 11.8. The summed E-state index contributed by atoms with van der Waals surface area (Å²) in [6.07, 6.45) is 0. The van der Waals surface area contributed by atoms with Gasteiger partial charge in [-0.3, -0.25) is 4.79 Å². The van der Waals surface area contributed by atoms with Gasteiger partial charge < -0.3 is 14.5 Å². The number of amides is 1. The maximum absolute atomic E-state index is 13.8. The van der Waals surface area contributed by atoms with Crippen LogP contribution in [0.1, 0.15) is 29.1 Å². The summed E-state index contributed by atoms with van der Waals surface area (Å²) in [4.78, 5) is 12.3. The number of halogens is 2. The minimum Gasteiger partial charge on any atom is -0.494 e. The van der Waals surface area contributed by atoms with Crippen LogP contribution in [0.4, 0.5) is 8.78 Å². The third kappa shape index (κ3) is 3.59. The Kier molecular flexibility index (Phi) is 5.02. The second kappa shape index (κ2) is 7.39. The molecule has 1 aromatic heterocycles. The molecule has 0 unspecified atom stereocenters. The molecule has 0 bridgehead atoms. The molecule has 3 aromatic rings. The Hall–Kier alpha value is -3.15. The molecule has 0 fully saturated rings.